The van der Waals surface area contributed by atoms with Crippen molar-refractivity contribution in [3.8, 4) is 0 Å². The first-order valence-corrected chi connectivity index (χ1v) is 14.0. The fourth-order valence-electron chi connectivity index (χ4n) is 4.31. The molecule has 30 heavy (non-hydrogen) atoms. The molecule has 1 heterocycles. The van der Waals surface area contributed by atoms with Gasteiger partial charge in [-0.2, -0.15) is 0 Å². The smallest absolute Gasteiger partial charge is 0.235 e. The van der Waals surface area contributed by atoms with Gasteiger partial charge in [0.1, 0.15) is 5.78 Å². The van der Waals surface area contributed by atoms with Crippen LogP contribution >= 0.6 is 0 Å². The van der Waals surface area contributed by atoms with E-state index in [0.717, 1.165) is 31.2 Å². The molecule has 8 heteroatoms. The average Bonchev–Trinajstić information content (AvgIpc) is 3.00. The van der Waals surface area contributed by atoms with Crippen molar-refractivity contribution < 1.29 is 21.6 Å². The molecule has 0 spiro atoms. The van der Waals surface area contributed by atoms with Gasteiger partial charge >= 0.3 is 0 Å². The van der Waals surface area contributed by atoms with Gasteiger partial charge in [0.15, 0.2) is 9.84 Å². The predicted octanol–water partition coefficient (Wildman–Crippen LogP) is 3.36. The number of carbonyl (C=O) groups is 1. The molecule has 0 unspecified atom stereocenters. The summed E-state index contributed by atoms with van der Waals surface area (Å²) in [6.07, 6.45) is 3.89. The Kier molecular flexibility index (Phi) is 6.68. The number of sulfone groups is 1. The summed E-state index contributed by atoms with van der Waals surface area (Å²) in [7, 11) is -6.38. The number of hydrogen-bond acceptors (Lipinski definition) is 5. The lowest BCUT2D eigenvalue weighted by molar-refractivity contribution is -0.123. The lowest BCUT2D eigenvalue weighted by Gasteiger charge is -2.30. The highest BCUT2D eigenvalue weighted by atomic mass is 32.2. The Morgan fingerprint density at radius 2 is 1.80 bits per heavy atom. The molecule has 1 aliphatic heterocycles. The molecule has 1 aromatic carbocycles. The van der Waals surface area contributed by atoms with Crippen LogP contribution in [0.4, 0.5) is 5.69 Å². The fraction of sp³-hybridized carbons (Fsp3) is 0.682. The SMILES string of the molecule is CC(C)(C)S(=O)(=O)CC1CCC(C(=O)Cc2cccc(N3CCCS3(=O)=O)c2)CC1. The molecule has 2 aliphatic rings. The highest BCUT2D eigenvalue weighted by molar-refractivity contribution is 7.93. The number of rotatable bonds is 6. The van der Waals surface area contributed by atoms with Gasteiger partial charge in [-0.25, -0.2) is 16.8 Å². The first-order valence-electron chi connectivity index (χ1n) is 10.7. The van der Waals surface area contributed by atoms with Crippen molar-refractivity contribution in [1.29, 1.82) is 0 Å². The standard InChI is InChI=1S/C22H33NO5S2/c1-22(2,3)29(25,26)16-17-8-10-19(11-9-17)21(24)15-18-6-4-7-20(14-18)23-12-5-13-30(23,27)28/h4,6-7,14,17,19H,5,8-13,15-16H2,1-3H3. The summed E-state index contributed by atoms with van der Waals surface area (Å²) < 4.78 is 49.9. The molecule has 0 aromatic heterocycles. The molecular formula is C22H33NO5S2. The van der Waals surface area contributed by atoms with Crippen LogP contribution in [-0.2, 0) is 31.1 Å². The maximum atomic E-state index is 12.8. The van der Waals surface area contributed by atoms with E-state index < -0.39 is 24.6 Å². The molecule has 0 bridgehead atoms. The minimum Gasteiger partial charge on any atom is -0.299 e. The van der Waals surface area contributed by atoms with E-state index in [0.29, 0.717) is 18.7 Å². The largest absolute Gasteiger partial charge is 0.299 e. The molecule has 0 amide bonds. The lowest BCUT2D eigenvalue weighted by Crippen LogP contribution is -2.35. The Balaban J connectivity index is 1.57. The van der Waals surface area contributed by atoms with Crippen LogP contribution < -0.4 is 4.31 Å². The number of benzene rings is 1. The third-order valence-electron chi connectivity index (χ3n) is 6.37. The Morgan fingerprint density at radius 3 is 2.37 bits per heavy atom. The van der Waals surface area contributed by atoms with Crippen LogP contribution in [0, 0.1) is 11.8 Å². The van der Waals surface area contributed by atoms with Crippen molar-refractivity contribution >= 4 is 31.3 Å². The van der Waals surface area contributed by atoms with Gasteiger partial charge in [-0.15, -0.1) is 0 Å². The second-order valence-electron chi connectivity index (χ2n) is 9.67. The number of ketones is 1. The molecule has 6 nitrogen and oxygen atoms in total. The Hall–Kier alpha value is -1.41. The van der Waals surface area contributed by atoms with E-state index in [1.165, 1.54) is 4.31 Å². The Morgan fingerprint density at radius 1 is 1.13 bits per heavy atom. The summed E-state index contributed by atoms with van der Waals surface area (Å²) >= 11 is 0. The summed E-state index contributed by atoms with van der Waals surface area (Å²) in [6.45, 7) is 5.69. The zero-order chi connectivity index (χ0) is 22.2. The number of hydrogen-bond donors (Lipinski definition) is 0. The van der Waals surface area contributed by atoms with Crippen LogP contribution in [0.2, 0.25) is 0 Å². The molecule has 3 rings (SSSR count). The molecular weight excluding hydrogens is 422 g/mol. The van der Waals surface area contributed by atoms with Crippen molar-refractivity contribution in [3.05, 3.63) is 29.8 Å². The first-order chi connectivity index (χ1) is 13.9. The van der Waals surface area contributed by atoms with Gasteiger partial charge in [-0.1, -0.05) is 12.1 Å². The van der Waals surface area contributed by atoms with Crippen LogP contribution in [0.15, 0.2) is 24.3 Å². The Bertz CT molecular complexity index is 985. The summed E-state index contributed by atoms with van der Waals surface area (Å²) in [5.74, 6) is 0.613. The fourth-order valence-corrected chi connectivity index (χ4v) is 7.32. The average molecular weight is 456 g/mol. The molecule has 1 saturated heterocycles. The number of anilines is 1. The summed E-state index contributed by atoms with van der Waals surface area (Å²) in [6, 6.07) is 7.26. The van der Waals surface area contributed by atoms with Crippen molar-refractivity contribution in [2.45, 2.75) is 64.0 Å². The van der Waals surface area contributed by atoms with E-state index in [9.17, 15) is 21.6 Å². The monoisotopic (exact) mass is 455 g/mol. The highest BCUT2D eigenvalue weighted by Gasteiger charge is 2.34. The molecule has 1 aromatic rings. The van der Waals surface area contributed by atoms with E-state index >= 15 is 0 Å². The topological polar surface area (TPSA) is 88.6 Å². The molecule has 1 saturated carbocycles. The molecule has 1 aliphatic carbocycles. The van der Waals surface area contributed by atoms with E-state index in [1.807, 2.05) is 12.1 Å². The zero-order valence-corrected chi connectivity index (χ0v) is 19.8. The molecule has 168 valence electrons. The number of carbonyl (C=O) groups excluding carboxylic acids is 1. The van der Waals surface area contributed by atoms with Gasteiger partial charge in [-0.3, -0.25) is 9.10 Å². The number of nitrogens with zero attached hydrogens (tertiary/aromatic N) is 1. The van der Waals surface area contributed by atoms with Crippen LogP contribution in [0.25, 0.3) is 0 Å². The second kappa shape index (κ2) is 8.61. The summed E-state index contributed by atoms with van der Waals surface area (Å²) in [5.41, 5.74) is 1.46. The normalized spacial score (nSPS) is 24.7. The maximum absolute atomic E-state index is 12.8. The zero-order valence-electron chi connectivity index (χ0n) is 18.1. The van der Waals surface area contributed by atoms with Gasteiger partial charge in [0.05, 0.1) is 21.9 Å². The van der Waals surface area contributed by atoms with E-state index in [1.54, 1.807) is 32.9 Å². The van der Waals surface area contributed by atoms with Crippen LogP contribution in [0.1, 0.15) is 58.4 Å². The van der Waals surface area contributed by atoms with Crippen molar-refractivity contribution in [3.63, 3.8) is 0 Å². The number of sulfonamides is 1. The van der Waals surface area contributed by atoms with E-state index in [4.69, 9.17) is 0 Å². The predicted molar refractivity (Wildman–Crippen MR) is 120 cm³/mol. The van der Waals surface area contributed by atoms with E-state index in [2.05, 4.69) is 0 Å². The van der Waals surface area contributed by atoms with Gasteiger partial charge in [0.25, 0.3) is 0 Å². The Labute approximate surface area is 181 Å². The third-order valence-corrected chi connectivity index (χ3v) is 11.0. The molecule has 0 N–H and O–H groups in total. The summed E-state index contributed by atoms with van der Waals surface area (Å²) in [4.78, 5) is 12.8. The maximum Gasteiger partial charge on any atom is 0.235 e. The first kappa shape index (κ1) is 23.3. The minimum absolute atomic E-state index is 0.0437. The van der Waals surface area contributed by atoms with Crippen LogP contribution in [-0.4, -0.2) is 45.4 Å². The minimum atomic E-state index is -3.24. The van der Waals surface area contributed by atoms with Crippen LogP contribution in [0.3, 0.4) is 0 Å². The van der Waals surface area contributed by atoms with Crippen molar-refractivity contribution in [2.24, 2.45) is 11.8 Å². The van der Waals surface area contributed by atoms with E-state index in [-0.39, 0.29) is 35.5 Å². The molecule has 2 fully saturated rings. The quantitative estimate of drug-likeness (QED) is 0.656. The van der Waals surface area contributed by atoms with Crippen molar-refractivity contribution in [2.75, 3.05) is 22.4 Å². The lowest BCUT2D eigenvalue weighted by atomic mass is 9.79. The molecule has 0 atom stereocenters. The van der Waals surface area contributed by atoms with Gasteiger partial charge < -0.3 is 0 Å². The molecule has 0 radical (unpaired) electrons. The van der Waals surface area contributed by atoms with Gasteiger partial charge in [0, 0.05) is 18.9 Å². The van der Waals surface area contributed by atoms with Crippen molar-refractivity contribution in [1.82, 2.24) is 0 Å². The van der Waals surface area contributed by atoms with Gasteiger partial charge in [-0.05, 0) is 76.5 Å². The van der Waals surface area contributed by atoms with Crippen LogP contribution in [0.5, 0.6) is 0 Å². The summed E-state index contributed by atoms with van der Waals surface area (Å²) in [5, 5.41) is 0. The number of Topliss-reactive ketones (excluding diaryl/α,β-unsaturated/α-hetero) is 1. The van der Waals surface area contributed by atoms with Gasteiger partial charge in [0.2, 0.25) is 10.0 Å². The second-order valence-corrected chi connectivity index (χ2v) is 14.5. The third kappa shape index (κ3) is 5.25. The highest BCUT2D eigenvalue weighted by Crippen LogP contribution is 2.33.